The van der Waals surface area contributed by atoms with Crippen molar-refractivity contribution in [1.29, 1.82) is 0 Å². The molecule has 0 radical (unpaired) electrons. The fourth-order valence-electron chi connectivity index (χ4n) is 4.25. The Morgan fingerprint density at radius 1 is 1.12 bits per heavy atom. The van der Waals surface area contributed by atoms with Gasteiger partial charge in [-0.1, -0.05) is 30.3 Å². The Bertz CT molecular complexity index is 766. The highest BCUT2D eigenvalue weighted by Crippen LogP contribution is 2.31. The summed E-state index contributed by atoms with van der Waals surface area (Å²) in [5.41, 5.74) is 5.82. The van der Waals surface area contributed by atoms with Crippen molar-refractivity contribution in [3.05, 3.63) is 65.7 Å². The number of nitrogens with one attached hydrogen (secondary N) is 1. The molecule has 4 rings (SSSR count). The molecule has 2 aliphatic rings. The van der Waals surface area contributed by atoms with Crippen LogP contribution in [0.5, 0.6) is 5.75 Å². The van der Waals surface area contributed by atoms with Crippen molar-refractivity contribution in [1.82, 2.24) is 5.32 Å². The fourth-order valence-corrected chi connectivity index (χ4v) is 4.25. The summed E-state index contributed by atoms with van der Waals surface area (Å²) in [6, 6.07) is 17.9. The molecule has 1 atom stereocenters. The minimum atomic E-state index is 0.534. The normalized spacial score (nSPS) is 19.7. The zero-order chi connectivity index (χ0) is 17.8. The van der Waals surface area contributed by atoms with Gasteiger partial charge in [0.15, 0.2) is 0 Å². The van der Waals surface area contributed by atoms with Gasteiger partial charge in [0.05, 0.1) is 7.11 Å². The SMILES string of the molecule is COc1ccc(N2CCNCC2CCC2=CCCc3ccccc32)cc1. The maximum Gasteiger partial charge on any atom is 0.119 e. The van der Waals surface area contributed by atoms with Crippen molar-refractivity contribution in [2.24, 2.45) is 0 Å². The highest BCUT2D eigenvalue weighted by atomic mass is 16.5. The second-order valence-corrected chi connectivity index (χ2v) is 7.21. The number of hydrogen-bond donors (Lipinski definition) is 1. The van der Waals surface area contributed by atoms with Crippen LogP contribution >= 0.6 is 0 Å². The van der Waals surface area contributed by atoms with Crippen molar-refractivity contribution >= 4 is 11.3 Å². The van der Waals surface area contributed by atoms with Gasteiger partial charge < -0.3 is 15.0 Å². The number of methoxy groups -OCH3 is 1. The Morgan fingerprint density at radius 3 is 2.81 bits per heavy atom. The van der Waals surface area contributed by atoms with Crippen LogP contribution in [-0.2, 0) is 6.42 Å². The average molecular weight is 348 g/mol. The molecule has 0 bridgehead atoms. The maximum absolute atomic E-state index is 5.31. The lowest BCUT2D eigenvalue weighted by Gasteiger charge is -2.38. The quantitative estimate of drug-likeness (QED) is 0.873. The summed E-state index contributed by atoms with van der Waals surface area (Å²) in [6.07, 6.45) is 7.14. The molecule has 0 spiro atoms. The Morgan fingerprint density at radius 2 is 1.96 bits per heavy atom. The molecule has 1 N–H and O–H groups in total. The molecule has 3 nitrogen and oxygen atoms in total. The molecule has 1 fully saturated rings. The van der Waals surface area contributed by atoms with Crippen LogP contribution in [0.4, 0.5) is 5.69 Å². The van der Waals surface area contributed by atoms with E-state index < -0.39 is 0 Å². The molecule has 0 aromatic heterocycles. The van der Waals surface area contributed by atoms with E-state index in [4.69, 9.17) is 4.74 Å². The van der Waals surface area contributed by atoms with E-state index in [0.29, 0.717) is 6.04 Å². The molecular weight excluding hydrogens is 320 g/mol. The lowest BCUT2D eigenvalue weighted by atomic mass is 9.87. The third-order valence-corrected chi connectivity index (χ3v) is 5.67. The summed E-state index contributed by atoms with van der Waals surface area (Å²) >= 11 is 0. The molecule has 0 saturated carbocycles. The summed E-state index contributed by atoms with van der Waals surface area (Å²) in [5.74, 6) is 0.921. The molecule has 2 aromatic carbocycles. The summed E-state index contributed by atoms with van der Waals surface area (Å²) < 4.78 is 5.31. The third-order valence-electron chi connectivity index (χ3n) is 5.67. The van der Waals surface area contributed by atoms with E-state index in [1.165, 1.54) is 41.6 Å². The van der Waals surface area contributed by atoms with Crippen molar-refractivity contribution in [2.45, 2.75) is 31.7 Å². The first-order valence-corrected chi connectivity index (χ1v) is 9.74. The van der Waals surface area contributed by atoms with E-state index in [9.17, 15) is 0 Å². The number of allylic oxidation sites excluding steroid dienone is 2. The fraction of sp³-hybridized carbons (Fsp3) is 0.391. The molecule has 1 heterocycles. The van der Waals surface area contributed by atoms with Gasteiger partial charge in [0.2, 0.25) is 0 Å². The van der Waals surface area contributed by atoms with Crippen LogP contribution in [0.25, 0.3) is 5.57 Å². The Hall–Kier alpha value is -2.26. The largest absolute Gasteiger partial charge is 0.497 e. The number of nitrogens with zero attached hydrogens (tertiary/aromatic N) is 1. The zero-order valence-corrected chi connectivity index (χ0v) is 15.6. The summed E-state index contributed by atoms with van der Waals surface area (Å²) in [4.78, 5) is 2.56. The number of piperazine rings is 1. The number of rotatable bonds is 5. The maximum atomic E-state index is 5.31. The smallest absolute Gasteiger partial charge is 0.119 e. The predicted molar refractivity (Wildman–Crippen MR) is 109 cm³/mol. The second-order valence-electron chi connectivity index (χ2n) is 7.21. The van der Waals surface area contributed by atoms with Gasteiger partial charge in [-0.2, -0.15) is 0 Å². The Labute approximate surface area is 156 Å². The Balaban J connectivity index is 1.46. The van der Waals surface area contributed by atoms with E-state index in [2.05, 4.69) is 64.8 Å². The number of ether oxygens (including phenoxy) is 1. The zero-order valence-electron chi connectivity index (χ0n) is 15.6. The van der Waals surface area contributed by atoms with Crippen LogP contribution in [0, 0.1) is 0 Å². The van der Waals surface area contributed by atoms with Crippen LogP contribution < -0.4 is 15.0 Å². The number of benzene rings is 2. The predicted octanol–water partition coefficient (Wildman–Crippen LogP) is 4.28. The second kappa shape index (κ2) is 7.96. The standard InChI is InChI=1S/C23H28N2O/c1-26-22-13-11-20(12-14-22)25-16-15-24-17-21(25)10-9-19-7-4-6-18-5-2-3-8-23(18)19/h2-3,5,7-8,11-14,21,24H,4,6,9-10,15-17H2,1H3. The molecular formula is C23H28N2O. The first kappa shape index (κ1) is 17.2. The van der Waals surface area contributed by atoms with E-state index in [1.807, 2.05) is 0 Å². The molecule has 1 unspecified atom stereocenters. The van der Waals surface area contributed by atoms with Crippen LogP contribution in [0.15, 0.2) is 54.6 Å². The number of aryl methyl sites for hydroxylation is 1. The molecule has 1 aliphatic heterocycles. The highest BCUT2D eigenvalue weighted by molar-refractivity contribution is 5.70. The van der Waals surface area contributed by atoms with Gasteiger partial charge in [0.1, 0.15) is 5.75 Å². The summed E-state index contributed by atoms with van der Waals surface area (Å²) in [5, 5.41) is 3.58. The number of anilines is 1. The molecule has 2 aromatic rings. The first-order chi connectivity index (χ1) is 12.8. The topological polar surface area (TPSA) is 24.5 Å². The van der Waals surface area contributed by atoms with Gasteiger partial charge in [0, 0.05) is 31.4 Å². The van der Waals surface area contributed by atoms with E-state index in [-0.39, 0.29) is 0 Å². The van der Waals surface area contributed by atoms with Gasteiger partial charge >= 0.3 is 0 Å². The minimum absolute atomic E-state index is 0.534. The van der Waals surface area contributed by atoms with E-state index >= 15 is 0 Å². The molecule has 3 heteroatoms. The molecule has 26 heavy (non-hydrogen) atoms. The molecule has 136 valence electrons. The van der Waals surface area contributed by atoms with Crippen LogP contribution in [-0.4, -0.2) is 32.8 Å². The van der Waals surface area contributed by atoms with Crippen LogP contribution in [0.2, 0.25) is 0 Å². The summed E-state index contributed by atoms with van der Waals surface area (Å²) in [7, 11) is 1.72. The van der Waals surface area contributed by atoms with E-state index in [0.717, 1.165) is 31.8 Å². The number of fused-ring (bicyclic) bond motifs is 1. The molecule has 1 saturated heterocycles. The molecule has 1 aliphatic carbocycles. The van der Waals surface area contributed by atoms with Crippen molar-refractivity contribution in [2.75, 3.05) is 31.6 Å². The van der Waals surface area contributed by atoms with Crippen molar-refractivity contribution in [3.63, 3.8) is 0 Å². The summed E-state index contributed by atoms with van der Waals surface area (Å²) in [6.45, 7) is 3.17. The highest BCUT2D eigenvalue weighted by Gasteiger charge is 2.23. The van der Waals surface area contributed by atoms with Crippen LogP contribution in [0.3, 0.4) is 0 Å². The average Bonchev–Trinajstić information content (AvgIpc) is 2.72. The van der Waals surface area contributed by atoms with Crippen molar-refractivity contribution in [3.8, 4) is 5.75 Å². The monoisotopic (exact) mass is 348 g/mol. The molecule has 0 amide bonds. The number of hydrogen-bond acceptors (Lipinski definition) is 3. The Kier molecular flexibility index (Phi) is 5.26. The van der Waals surface area contributed by atoms with E-state index in [1.54, 1.807) is 7.11 Å². The van der Waals surface area contributed by atoms with Gasteiger partial charge in [-0.15, -0.1) is 0 Å². The minimum Gasteiger partial charge on any atom is -0.497 e. The third kappa shape index (κ3) is 3.63. The van der Waals surface area contributed by atoms with Gasteiger partial charge in [-0.05, 0) is 66.6 Å². The lowest BCUT2D eigenvalue weighted by molar-refractivity contribution is 0.414. The van der Waals surface area contributed by atoms with Gasteiger partial charge in [-0.25, -0.2) is 0 Å². The lowest BCUT2D eigenvalue weighted by Crippen LogP contribution is -2.51. The first-order valence-electron chi connectivity index (χ1n) is 9.74. The van der Waals surface area contributed by atoms with Crippen LogP contribution in [0.1, 0.15) is 30.4 Å². The van der Waals surface area contributed by atoms with Crippen molar-refractivity contribution < 1.29 is 4.74 Å². The van der Waals surface area contributed by atoms with Gasteiger partial charge in [0.25, 0.3) is 0 Å². The van der Waals surface area contributed by atoms with Gasteiger partial charge in [-0.3, -0.25) is 0 Å².